The van der Waals surface area contributed by atoms with E-state index in [-0.39, 0.29) is 23.6 Å². The van der Waals surface area contributed by atoms with Gasteiger partial charge >= 0.3 is 0 Å². The van der Waals surface area contributed by atoms with E-state index < -0.39 is 0 Å². The van der Waals surface area contributed by atoms with Crippen molar-refractivity contribution in [3.05, 3.63) is 82.4 Å². The molecule has 1 aliphatic rings. The number of carbonyl (C=O) groups excluding carboxylic acids is 1. The summed E-state index contributed by atoms with van der Waals surface area (Å²) in [7, 11) is 5.38. The average Bonchev–Trinajstić information content (AvgIpc) is 2.94. The van der Waals surface area contributed by atoms with Crippen LogP contribution < -0.4 is 24.3 Å². The maximum atomic E-state index is 13.3. The van der Waals surface area contributed by atoms with Crippen molar-refractivity contribution in [3.63, 3.8) is 0 Å². The highest BCUT2D eigenvalue weighted by atomic mass is 35.5. The molecule has 1 saturated heterocycles. The quantitative estimate of drug-likeness (QED) is 0.327. The molecule has 0 spiro atoms. The summed E-state index contributed by atoms with van der Waals surface area (Å²) in [6.07, 6.45) is 1.77. The van der Waals surface area contributed by atoms with Gasteiger partial charge in [-0.25, -0.2) is 0 Å². The number of likely N-dealkylation sites (tertiary alicyclic amines) is 1. The maximum Gasteiger partial charge on any atom is 0.253 e. The summed E-state index contributed by atoms with van der Waals surface area (Å²) in [5.74, 6) is 2.11. The zero-order valence-corrected chi connectivity index (χ0v) is 24.0. The Kier molecular flexibility index (Phi) is 9.59. The van der Waals surface area contributed by atoms with E-state index >= 15 is 0 Å². The number of halogens is 1. The van der Waals surface area contributed by atoms with Crippen LogP contribution in [-0.4, -0.2) is 50.2 Å². The molecule has 0 bridgehead atoms. The number of carbonyl (C=O) groups is 1. The van der Waals surface area contributed by atoms with Crippen LogP contribution in [0.5, 0.6) is 23.0 Å². The lowest BCUT2D eigenvalue weighted by molar-refractivity contribution is 0.0830. The first-order valence-corrected chi connectivity index (χ1v) is 13.5. The van der Waals surface area contributed by atoms with Crippen LogP contribution in [0.2, 0.25) is 5.02 Å². The Morgan fingerprint density at radius 2 is 1.36 bits per heavy atom. The van der Waals surface area contributed by atoms with E-state index in [1.807, 2.05) is 48.5 Å². The summed E-state index contributed by atoms with van der Waals surface area (Å²) in [5.41, 5.74) is 2.25. The summed E-state index contributed by atoms with van der Waals surface area (Å²) in [6, 6.07) is 19.5. The molecule has 0 aliphatic carbocycles. The molecule has 0 unspecified atom stereocenters. The van der Waals surface area contributed by atoms with Crippen molar-refractivity contribution >= 4 is 17.5 Å². The largest absolute Gasteiger partial charge is 0.497 e. The second kappa shape index (κ2) is 13.1. The van der Waals surface area contributed by atoms with Crippen molar-refractivity contribution < 1.29 is 23.7 Å². The molecule has 0 aromatic heterocycles. The predicted octanol–water partition coefficient (Wildman–Crippen LogP) is 6.12. The van der Waals surface area contributed by atoms with Gasteiger partial charge in [-0.2, -0.15) is 0 Å². The minimum Gasteiger partial charge on any atom is -0.497 e. The van der Waals surface area contributed by atoms with Gasteiger partial charge in [0.05, 0.1) is 24.8 Å². The number of methoxy groups -OCH3 is 2. The van der Waals surface area contributed by atoms with Crippen LogP contribution in [0.4, 0.5) is 0 Å². The maximum absolute atomic E-state index is 13.3. The Bertz CT molecular complexity index is 1240. The molecule has 3 aromatic rings. The molecule has 8 heteroatoms. The second-order valence-electron chi connectivity index (χ2n) is 10.0. The summed E-state index contributed by atoms with van der Waals surface area (Å²) < 4.78 is 22.8. The SMILES string of the molecule is COc1ccc(COc2ccc(C(=O)N[C@H]3C[C@@H](C)N(C)[C@@H](C)C3)c(Cl)c2OCc2ccc(OC)cc2)cc1. The zero-order chi connectivity index (χ0) is 27.9. The lowest BCUT2D eigenvalue weighted by Crippen LogP contribution is -2.51. The fourth-order valence-corrected chi connectivity index (χ4v) is 5.09. The van der Waals surface area contributed by atoms with E-state index in [1.165, 1.54) is 0 Å². The normalized spacial score (nSPS) is 19.3. The first-order chi connectivity index (χ1) is 18.8. The predicted molar refractivity (Wildman–Crippen MR) is 153 cm³/mol. The van der Waals surface area contributed by atoms with Crippen LogP contribution >= 0.6 is 11.6 Å². The number of benzene rings is 3. The molecule has 7 nitrogen and oxygen atoms in total. The Hall–Kier alpha value is -3.42. The first kappa shape index (κ1) is 28.6. The van der Waals surface area contributed by atoms with Gasteiger partial charge in [0.15, 0.2) is 11.5 Å². The van der Waals surface area contributed by atoms with Gasteiger partial charge in [0.1, 0.15) is 24.7 Å². The molecule has 1 amide bonds. The van der Waals surface area contributed by atoms with Crippen molar-refractivity contribution in [1.29, 1.82) is 0 Å². The van der Waals surface area contributed by atoms with Crippen molar-refractivity contribution in [2.24, 2.45) is 0 Å². The third-order valence-corrected chi connectivity index (χ3v) is 7.75. The minimum atomic E-state index is -0.218. The van der Waals surface area contributed by atoms with Gasteiger partial charge in [-0.1, -0.05) is 35.9 Å². The summed E-state index contributed by atoms with van der Waals surface area (Å²) >= 11 is 6.83. The van der Waals surface area contributed by atoms with E-state index in [1.54, 1.807) is 26.4 Å². The molecule has 0 saturated carbocycles. The van der Waals surface area contributed by atoms with Crippen LogP contribution in [-0.2, 0) is 13.2 Å². The molecule has 39 heavy (non-hydrogen) atoms. The summed E-state index contributed by atoms with van der Waals surface area (Å²) in [4.78, 5) is 15.7. The number of hydrogen-bond acceptors (Lipinski definition) is 6. The molecule has 1 fully saturated rings. The highest BCUT2D eigenvalue weighted by Gasteiger charge is 2.30. The molecule has 3 atom stereocenters. The number of nitrogens with one attached hydrogen (secondary N) is 1. The molecular formula is C31H37ClN2O5. The molecular weight excluding hydrogens is 516 g/mol. The Labute approximate surface area is 236 Å². The van der Waals surface area contributed by atoms with E-state index in [0.717, 1.165) is 35.5 Å². The summed E-state index contributed by atoms with van der Waals surface area (Å²) in [5, 5.41) is 3.41. The number of rotatable bonds is 10. The summed E-state index contributed by atoms with van der Waals surface area (Å²) in [6.45, 7) is 4.91. The molecule has 1 heterocycles. The monoisotopic (exact) mass is 552 g/mol. The van der Waals surface area contributed by atoms with Crippen LogP contribution in [0, 0.1) is 0 Å². The molecule has 1 aliphatic heterocycles. The van der Waals surface area contributed by atoms with Gasteiger partial charge in [0, 0.05) is 18.1 Å². The fourth-order valence-electron chi connectivity index (χ4n) is 4.79. The zero-order valence-electron chi connectivity index (χ0n) is 23.2. The number of hydrogen-bond donors (Lipinski definition) is 1. The Morgan fingerprint density at radius 3 is 1.87 bits per heavy atom. The molecule has 4 rings (SSSR count). The lowest BCUT2D eigenvalue weighted by atomic mass is 9.93. The van der Waals surface area contributed by atoms with Gasteiger partial charge in [-0.05, 0) is 81.3 Å². The van der Waals surface area contributed by atoms with Gasteiger partial charge in [-0.3, -0.25) is 4.79 Å². The third kappa shape index (κ3) is 7.16. The van der Waals surface area contributed by atoms with Crippen molar-refractivity contribution in [2.75, 3.05) is 21.3 Å². The second-order valence-corrected chi connectivity index (χ2v) is 10.4. The van der Waals surface area contributed by atoms with Gasteiger partial charge in [-0.15, -0.1) is 0 Å². The highest BCUT2D eigenvalue weighted by Crippen LogP contribution is 2.39. The van der Waals surface area contributed by atoms with Crippen LogP contribution in [0.25, 0.3) is 0 Å². The molecule has 208 valence electrons. The number of nitrogens with zero attached hydrogens (tertiary/aromatic N) is 1. The van der Waals surface area contributed by atoms with Gasteiger partial charge in [0.25, 0.3) is 5.91 Å². The molecule has 0 radical (unpaired) electrons. The standard InChI is InChI=1S/C31H37ClN2O5/c1-20-16-24(17-21(2)34(20)3)33-31(35)27-14-15-28(38-18-22-6-10-25(36-4)11-7-22)30(29(27)32)39-19-23-8-12-26(37-5)13-9-23/h6-15,20-21,24H,16-19H2,1-5H3,(H,33,35)/t20-,21+,24+. The smallest absolute Gasteiger partial charge is 0.253 e. The highest BCUT2D eigenvalue weighted by molar-refractivity contribution is 6.35. The van der Waals surface area contributed by atoms with Gasteiger partial charge < -0.3 is 29.2 Å². The van der Waals surface area contributed by atoms with Crippen LogP contribution in [0.1, 0.15) is 48.2 Å². The minimum absolute atomic E-state index is 0.0735. The molecule has 1 N–H and O–H groups in total. The first-order valence-electron chi connectivity index (χ1n) is 13.2. The Balaban J connectivity index is 1.54. The fraction of sp³-hybridized carbons (Fsp3) is 0.387. The number of ether oxygens (including phenoxy) is 4. The van der Waals surface area contributed by atoms with Gasteiger partial charge in [0.2, 0.25) is 0 Å². The lowest BCUT2D eigenvalue weighted by Gasteiger charge is -2.40. The average molecular weight is 553 g/mol. The molecule has 3 aromatic carbocycles. The topological polar surface area (TPSA) is 69.3 Å². The number of amides is 1. The Morgan fingerprint density at radius 1 is 0.846 bits per heavy atom. The number of piperidine rings is 1. The van der Waals surface area contributed by atoms with E-state index in [4.69, 9.17) is 30.5 Å². The van der Waals surface area contributed by atoms with E-state index in [2.05, 4.69) is 31.1 Å². The van der Waals surface area contributed by atoms with Crippen molar-refractivity contribution in [3.8, 4) is 23.0 Å². The van der Waals surface area contributed by atoms with Crippen molar-refractivity contribution in [2.45, 2.75) is 58.0 Å². The third-order valence-electron chi connectivity index (χ3n) is 7.38. The van der Waals surface area contributed by atoms with E-state index in [9.17, 15) is 4.79 Å². The van der Waals surface area contributed by atoms with Crippen molar-refractivity contribution in [1.82, 2.24) is 10.2 Å². The van der Waals surface area contributed by atoms with E-state index in [0.29, 0.717) is 35.8 Å². The van der Waals surface area contributed by atoms with Crippen LogP contribution in [0.15, 0.2) is 60.7 Å². The van der Waals surface area contributed by atoms with Crippen LogP contribution in [0.3, 0.4) is 0 Å².